The van der Waals surface area contributed by atoms with Gasteiger partial charge in [0, 0.05) is 19.0 Å². The first-order chi connectivity index (χ1) is 6.60. The van der Waals surface area contributed by atoms with Gasteiger partial charge in [-0.1, -0.05) is 6.92 Å². The molecule has 0 bridgehead atoms. The molecule has 14 heavy (non-hydrogen) atoms. The van der Waals surface area contributed by atoms with Gasteiger partial charge in [0.2, 0.25) is 10.0 Å². The van der Waals surface area contributed by atoms with Crippen LogP contribution >= 0.6 is 0 Å². The Morgan fingerprint density at radius 3 is 2.43 bits per heavy atom. The molecule has 0 atom stereocenters. The highest BCUT2D eigenvalue weighted by Crippen LogP contribution is 2.19. The number of hydrogen-bond donors (Lipinski definition) is 0. The minimum absolute atomic E-state index is 0.0445. The van der Waals surface area contributed by atoms with E-state index in [1.165, 1.54) is 4.31 Å². The van der Waals surface area contributed by atoms with Gasteiger partial charge in [0.15, 0.2) is 0 Å². The Labute approximate surface area is 85.6 Å². The third-order valence-electron chi connectivity index (χ3n) is 2.49. The lowest BCUT2D eigenvalue weighted by Gasteiger charge is -2.28. The molecule has 1 heterocycles. The lowest BCUT2D eigenvalue weighted by Crippen LogP contribution is -2.39. The molecule has 5 heteroatoms. The third-order valence-corrected chi connectivity index (χ3v) is 4.57. The van der Waals surface area contributed by atoms with Crippen LogP contribution < -0.4 is 0 Å². The quantitative estimate of drug-likeness (QED) is 0.706. The number of nitriles is 1. The maximum atomic E-state index is 11.6. The molecule has 0 unspecified atom stereocenters. The summed E-state index contributed by atoms with van der Waals surface area (Å²) >= 11 is 0. The molecule has 0 spiro atoms. The van der Waals surface area contributed by atoms with Crippen LogP contribution in [0.15, 0.2) is 0 Å². The van der Waals surface area contributed by atoms with E-state index in [2.05, 4.69) is 6.07 Å². The topological polar surface area (TPSA) is 61.2 Å². The lowest BCUT2D eigenvalue weighted by atomic mass is 10.0. The van der Waals surface area contributed by atoms with Gasteiger partial charge >= 0.3 is 0 Å². The van der Waals surface area contributed by atoms with E-state index in [1.807, 2.05) is 6.92 Å². The van der Waals surface area contributed by atoms with Crippen LogP contribution in [-0.4, -0.2) is 31.6 Å². The Hall–Kier alpha value is -0.600. The first-order valence-corrected chi connectivity index (χ1v) is 6.58. The maximum absolute atomic E-state index is 11.6. The second kappa shape index (κ2) is 4.76. The molecule has 0 amide bonds. The molecular weight excluding hydrogens is 200 g/mol. The molecule has 1 rings (SSSR count). The number of rotatable bonds is 3. The average molecular weight is 216 g/mol. The fourth-order valence-corrected chi connectivity index (χ4v) is 3.19. The van der Waals surface area contributed by atoms with Crippen molar-refractivity contribution in [3.8, 4) is 6.07 Å². The van der Waals surface area contributed by atoms with Crippen molar-refractivity contribution in [1.82, 2.24) is 4.31 Å². The van der Waals surface area contributed by atoms with Crippen LogP contribution in [-0.2, 0) is 10.0 Å². The predicted molar refractivity (Wildman–Crippen MR) is 54.0 cm³/mol. The van der Waals surface area contributed by atoms with E-state index in [0.29, 0.717) is 32.4 Å². The summed E-state index contributed by atoms with van der Waals surface area (Å²) in [7, 11) is -3.04. The maximum Gasteiger partial charge on any atom is 0.214 e. The zero-order valence-electron chi connectivity index (χ0n) is 8.44. The fraction of sp³-hybridized carbons (Fsp3) is 0.889. The summed E-state index contributed by atoms with van der Waals surface area (Å²) in [4.78, 5) is 0. The Morgan fingerprint density at radius 1 is 1.43 bits per heavy atom. The molecule has 0 aromatic rings. The molecule has 4 nitrogen and oxygen atoms in total. The average Bonchev–Trinajstić information content (AvgIpc) is 2.18. The summed E-state index contributed by atoms with van der Waals surface area (Å²) < 4.78 is 24.8. The molecule has 1 aliphatic heterocycles. The highest BCUT2D eigenvalue weighted by Gasteiger charge is 2.26. The van der Waals surface area contributed by atoms with Crippen molar-refractivity contribution >= 4 is 10.0 Å². The molecule has 0 aliphatic carbocycles. The second-order valence-electron chi connectivity index (χ2n) is 3.62. The first kappa shape index (κ1) is 11.5. The normalized spacial score (nSPS) is 20.6. The van der Waals surface area contributed by atoms with E-state index >= 15 is 0 Å². The standard InChI is InChI=1S/C9H16N2O2S/c1-2-7-14(12,13)11-5-3-9(8-10)4-6-11/h9H,2-7H2,1H3. The third kappa shape index (κ3) is 2.69. The highest BCUT2D eigenvalue weighted by molar-refractivity contribution is 7.89. The van der Waals surface area contributed by atoms with Gasteiger partial charge < -0.3 is 0 Å². The van der Waals surface area contributed by atoms with Crippen LogP contribution in [0.3, 0.4) is 0 Å². The summed E-state index contributed by atoms with van der Waals surface area (Å²) in [5.74, 6) is 0.271. The molecule has 1 aliphatic rings. The fourth-order valence-electron chi connectivity index (χ4n) is 1.65. The van der Waals surface area contributed by atoms with Gasteiger partial charge in [0.05, 0.1) is 11.8 Å². The smallest absolute Gasteiger partial charge is 0.212 e. The minimum Gasteiger partial charge on any atom is -0.212 e. The van der Waals surface area contributed by atoms with E-state index in [4.69, 9.17) is 5.26 Å². The Morgan fingerprint density at radius 2 is 2.00 bits per heavy atom. The molecule has 0 saturated carbocycles. The number of nitrogens with zero attached hydrogens (tertiary/aromatic N) is 2. The number of piperidine rings is 1. The number of sulfonamides is 1. The molecule has 0 radical (unpaired) electrons. The SMILES string of the molecule is CCCS(=O)(=O)N1CCC(C#N)CC1. The van der Waals surface area contributed by atoms with Crippen LogP contribution in [0.1, 0.15) is 26.2 Å². The molecule has 0 aromatic heterocycles. The van der Waals surface area contributed by atoms with Gasteiger partial charge in [0.1, 0.15) is 0 Å². The van der Waals surface area contributed by atoms with Gasteiger partial charge in [-0.05, 0) is 19.3 Å². The summed E-state index contributed by atoms with van der Waals surface area (Å²) in [6.45, 7) is 2.89. The Balaban J connectivity index is 2.54. The van der Waals surface area contributed by atoms with Crippen molar-refractivity contribution < 1.29 is 8.42 Å². The van der Waals surface area contributed by atoms with Crippen molar-refractivity contribution in [3.63, 3.8) is 0 Å². The van der Waals surface area contributed by atoms with Gasteiger partial charge in [-0.25, -0.2) is 12.7 Å². The zero-order valence-corrected chi connectivity index (χ0v) is 9.26. The van der Waals surface area contributed by atoms with Gasteiger partial charge in [-0.2, -0.15) is 5.26 Å². The molecule has 1 fully saturated rings. The summed E-state index contributed by atoms with van der Waals surface area (Å²) in [5.41, 5.74) is 0. The predicted octanol–water partition coefficient (Wildman–Crippen LogP) is 0.962. The van der Waals surface area contributed by atoms with E-state index in [9.17, 15) is 8.42 Å². The van der Waals surface area contributed by atoms with E-state index in [1.54, 1.807) is 0 Å². The summed E-state index contributed by atoms with van der Waals surface area (Å²) in [6.07, 6.45) is 2.01. The highest BCUT2D eigenvalue weighted by atomic mass is 32.2. The van der Waals surface area contributed by atoms with E-state index in [-0.39, 0.29) is 11.7 Å². The molecule has 1 saturated heterocycles. The molecule has 0 aromatic carbocycles. The monoisotopic (exact) mass is 216 g/mol. The van der Waals surface area contributed by atoms with E-state index in [0.717, 1.165) is 0 Å². The van der Waals surface area contributed by atoms with Crippen molar-refractivity contribution in [2.24, 2.45) is 5.92 Å². The molecular formula is C9H16N2O2S. The minimum atomic E-state index is -3.04. The molecule has 80 valence electrons. The van der Waals surface area contributed by atoms with Crippen molar-refractivity contribution in [2.75, 3.05) is 18.8 Å². The second-order valence-corrected chi connectivity index (χ2v) is 5.71. The Bertz CT molecular complexity index is 310. The van der Waals surface area contributed by atoms with Crippen LogP contribution in [0.25, 0.3) is 0 Å². The van der Waals surface area contributed by atoms with Crippen LogP contribution in [0.5, 0.6) is 0 Å². The van der Waals surface area contributed by atoms with Crippen molar-refractivity contribution in [2.45, 2.75) is 26.2 Å². The van der Waals surface area contributed by atoms with Gasteiger partial charge in [0.25, 0.3) is 0 Å². The largest absolute Gasteiger partial charge is 0.214 e. The zero-order chi connectivity index (χ0) is 10.6. The molecule has 0 N–H and O–H groups in total. The number of hydrogen-bond acceptors (Lipinski definition) is 3. The van der Waals surface area contributed by atoms with E-state index < -0.39 is 10.0 Å². The van der Waals surface area contributed by atoms with Crippen LogP contribution in [0.4, 0.5) is 0 Å². The van der Waals surface area contributed by atoms with Gasteiger partial charge in [-0.15, -0.1) is 0 Å². The van der Waals surface area contributed by atoms with Crippen LogP contribution in [0.2, 0.25) is 0 Å². The van der Waals surface area contributed by atoms with Crippen LogP contribution in [0, 0.1) is 17.2 Å². The van der Waals surface area contributed by atoms with Gasteiger partial charge in [-0.3, -0.25) is 0 Å². The summed E-state index contributed by atoms with van der Waals surface area (Å²) in [6, 6.07) is 2.19. The first-order valence-electron chi connectivity index (χ1n) is 4.97. The van der Waals surface area contributed by atoms with Crippen molar-refractivity contribution in [1.29, 1.82) is 5.26 Å². The van der Waals surface area contributed by atoms with Crippen molar-refractivity contribution in [3.05, 3.63) is 0 Å². The Kier molecular flexibility index (Phi) is 3.90. The lowest BCUT2D eigenvalue weighted by molar-refractivity contribution is 0.310. The summed E-state index contributed by atoms with van der Waals surface area (Å²) in [5, 5.41) is 8.67.